The predicted octanol–water partition coefficient (Wildman–Crippen LogP) is 2.16. The molecule has 0 aliphatic carbocycles. The lowest BCUT2D eigenvalue weighted by Gasteiger charge is -2.25. The average Bonchev–Trinajstić information content (AvgIpc) is 2.22. The molecule has 0 rings (SSSR count). The molecule has 1 N–H and O–H groups in total. The highest BCUT2D eigenvalue weighted by Gasteiger charge is 2.18. The van der Waals surface area contributed by atoms with Crippen LogP contribution in [0.3, 0.4) is 0 Å². The lowest BCUT2D eigenvalue weighted by atomic mass is 10.1. The second kappa shape index (κ2) is 9.44. The van der Waals surface area contributed by atoms with E-state index in [4.69, 9.17) is 9.47 Å². The Bertz CT molecular complexity index is 108. The van der Waals surface area contributed by atoms with Gasteiger partial charge in [-0.1, -0.05) is 26.7 Å². The first-order chi connectivity index (χ1) is 6.79. The van der Waals surface area contributed by atoms with Crippen LogP contribution in [-0.4, -0.2) is 33.1 Å². The van der Waals surface area contributed by atoms with Crippen molar-refractivity contribution in [3.63, 3.8) is 0 Å². The molecule has 0 fully saturated rings. The van der Waals surface area contributed by atoms with E-state index in [1.807, 2.05) is 0 Å². The Balaban J connectivity index is 3.92. The standard InChI is InChI=1S/C11H25NO2/c1-5-7-8-10(12-9-6-2)11(13-3)14-4/h10-12H,5-9H2,1-4H3. The highest BCUT2D eigenvalue weighted by Crippen LogP contribution is 2.08. The minimum absolute atomic E-state index is 0.118. The Hall–Kier alpha value is -0.120. The zero-order valence-corrected chi connectivity index (χ0v) is 10.0. The monoisotopic (exact) mass is 203 g/mol. The van der Waals surface area contributed by atoms with Crippen LogP contribution in [0, 0.1) is 0 Å². The van der Waals surface area contributed by atoms with Crippen LogP contribution in [0.1, 0.15) is 39.5 Å². The van der Waals surface area contributed by atoms with Crippen molar-refractivity contribution in [2.75, 3.05) is 20.8 Å². The molecule has 0 aliphatic heterocycles. The largest absolute Gasteiger partial charge is 0.354 e. The van der Waals surface area contributed by atoms with Gasteiger partial charge < -0.3 is 14.8 Å². The molecular formula is C11H25NO2. The first kappa shape index (κ1) is 13.9. The second-order valence-electron chi connectivity index (χ2n) is 3.54. The maximum atomic E-state index is 5.27. The summed E-state index contributed by atoms with van der Waals surface area (Å²) in [6.07, 6.45) is 4.56. The van der Waals surface area contributed by atoms with E-state index in [1.54, 1.807) is 14.2 Å². The van der Waals surface area contributed by atoms with E-state index in [9.17, 15) is 0 Å². The number of unbranched alkanes of at least 4 members (excludes halogenated alkanes) is 1. The van der Waals surface area contributed by atoms with E-state index >= 15 is 0 Å². The SMILES string of the molecule is CCCCC(NCCC)C(OC)OC. The van der Waals surface area contributed by atoms with Crippen LogP contribution in [0.25, 0.3) is 0 Å². The van der Waals surface area contributed by atoms with Gasteiger partial charge in [-0.3, -0.25) is 0 Å². The molecule has 0 aliphatic rings. The van der Waals surface area contributed by atoms with Crippen molar-refractivity contribution in [2.24, 2.45) is 0 Å². The third-order valence-electron chi connectivity index (χ3n) is 2.32. The Morgan fingerprint density at radius 3 is 2.14 bits per heavy atom. The lowest BCUT2D eigenvalue weighted by Crippen LogP contribution is -2.42. The molecule has 86 valence electrons. The van der Waals surface area contributed by atoms with E-state index in [0.717, 1.165) is 19.4 Å². The van der Waals surface area contributed by atoms with Gasteiger partial charge in [-0.2, -0.15) is 0 Å². The van der Waals surface area contributed by atoms with E-state index in [0.29, 0.717) is 6.04 Å². The molecule has 0 amide bonds. The number of hydrogen-bond acceptors (Lipinski definition) is 3. The summed E-state index contributed by atoms with van der Waals surface area (Å²) in [4.78, 5) is 0. The molecule has 1 unspecified atom stereocenters. The summed E-state index contributed by atoms with van der Waals surface area (Å²) in [5.41, 5.74) is 0. The Kier molecular flexibility index (Phi) is 9.35. The summed E-state index contributed by atoms with van der Waals surface area (Å²) in [6, 6.07) is 0.324. The molecule has 1 atom stereocenters. The normalized spacial score (nSPS) is 13.5. The molecule has 0 bridgehead atoms. The van der Waals surface area contributed by atoms with Gasteiger partial charge >= 0.3 is 0 Å². The van der Waals surface area contributed by atoms with Crippen molar-refractivity contribution < 1.29 is 9.47 Å². The summed E-state index contributed by atoms with van der Waals surface area (Å²) in [6.45, 7) is 5.39. The lowest BCUT2D eigenvalue weighted by molar-refractivity contribution is -0.124. The molecule has 3 nitrogen and oxygen atoms in total. The first-order valence-corrected chi connectivity index (χ1v) is 5.59. The van der Waals surface area contributed by atoms with Crippen LogP contribution >= 0.6 is 0 Å². The number of methoxy groups -OCH3 is 2. The molecule has 0 saturated heterocycles. The van der Waals surface area contributed by atoms with Gasteiger partial charge in [-0.05, 0) is 19.4 Å². The highest BCUT2D eigenvalue weighted by molar-refractivity contribution is 4.70. The van der Waals surface area contributed by atoms with Crippen LogP contribution in [0.15, 0.2) is 0 Å². The fourth-order valence-corrected chi connectivity index (χ4v) is 1.51. The van der Waals surface area contributed by atoms with Crippen molar-refractivity contribution in [3.8, 4) is 0 Å². The highest BCUT2D eigenvalue weighted by atomic mass is 16.7. The molecular weight excluding hydrogens is 178 g/mol. The van der Waals surface area contributed by atoms with Crippen molar-refractivity contribution in [1.29, 1.82) is 0 Å². The molecule has 3 heteroatoms. The van der Waals surface area contributed by atoms with E-state index in [1.165, 1.54) is 12.8 Å². The number of rotatable bonds is 9. The van der Waals surface area contributed by atoms with Crippen molar-refractivity contribution >= 4 is 0 Å². The predicted molar refractivity (Wildman–Crippen MR) is 59.4 cm³/mol. The summed E-state index contributed by atoms with van der Waals surface area (Å²) in [5.74, 6) is 0. The molecule has 0 aromatic rings. The van der Waals surface area contributed by atoms with Gasteiger partial charge in [0.1, 0.15) is 0 Å². The fraction of sp³-hybridized carbons (Fsp3) is 1.00. The molecule has 0 spiro atoms. The van der Waals surface area contributed by atoms with Crippen LogP contribution in [0.4, 0.5) is 0 Å². The Morgan fingerprint density at radius 2 is 1.71 bits per heavy atom. The zero-order chi connectivity index (χ0) is 10.8. The molecule has 0 radical (unpaired) electrons. The number of nitrogens with one attached hydrogen (secondary N) is 1. The molecule has 0 saturated carbocycles. The first-order valence-electron chi connectivity index (χ1n) is 5.59. The third-order valence-corrected chi connectivity index (χ3v) is 2.32. The Labute approximate surface area is 88.2 Å². The van der Waals surface area contributed by atoms with Gasteiger partial charge in [0.05, 0.1) is 6.04 Å². The van der Waals surface area contributed by atoms with Gasteiger partial charge in [0.25, 0.3) is 0 Å². The van der Waals surface area contributed by atoms with Gasteiger partial charge in [0.2, 0.25) is 0 Å². The van der Waals surface area contributed by atoms with Crippen LogP contribution in [0.5, 0.6) is 0 Å². The van der Waals surface area contributed by atoms with Crippen LogP contribution in [0.2, 0.25) is 0 Å². The van der Waals surface area contributed by atoms with Crippen molar-refractivity contribution in [3.05, 3.63) is 0 Å². The van der Waals surface area contributed by atoms with Crippen molar-refractivity contribution in [2.45, 2.75) is 51.9 Å². The topological polar surface area (TPSA) is 30.5 Å². The molecule has 0 heterocycles. The summed E-state index contributed by atoms with van der Waals surface area (Å²) in [5, 5.41) is 3.46. The second-order valence-corrected chi connectivity index (χ2v) is 3.54. The summed E-state index contributed by atoms with van der Waals surface area (Å²) < 4.78 is 10.5. The smallest absolute Gasteiger partial charge is 0.171 e. The zero-order valence-electron chi connectivity index (χ0n) is 10.0. The third kappa shape index (κ3) is 5.58. The minimum Gasteiger partial charge on any atom is -0.354 e. The number of hydrogen-bond donors (Lipinski definition) is 1. The number of ether oxygens (including phenoxy) is 2. The quantitative estimate of drug-likeness (QED) is 0.583. The van der Waals surface area contributed by atoms with Gasteiger partial charge in [0, 0.05) is 14.2 Å². The van der Waals surface area contributed by atoms with E-state index < -0.39 is 0 Å². The van der Waals surface area contributed by atoms with Crippen molar-refractivity contribution in [1.82, 2.24) is 5.32 Å². The minimum atomic E-state index is -0.118. The maximum absolute atomic E-state index is 5.27. The summed E-state index contributed by atoms with van der Waals surface area (Å²) >= 11 is 0. The molecule has 0 aromatic carbocycles. The van der Waals surface area contributed by atoms with Gasteiger partial charge in [-0.15, -0.1) is 0 Å². The summed E-state index contributed by atoms with van der Waals surface area (Å²) in [7, 11) is 3.39. The molecule has 0 aromatic heterocycles. The van der Waals surface area contributed by atoms with E-state index in [2.05, 4.69) is 19.2 Å². The average molecular weight is 203 g/mol. The van der Waals surface area contributed by atoms with Gasteiger partial charge in [0.15, 0.2) is 6.29 Å². The van der Waals surface area contributed by atoms with Gasteiger partial charge in [-0.25, -0.2) is 0 Å². The van der Waals surface area contributed by atoms with Crippen LogP contribution in [-0.2, 0) is 9.47 Å². The maximum Gasteiger partial charge on any atom is 0.171 e. The molecule has 14 heavy (non-hydrogen) atoms. The van der Waals surface area contributed by atoms with Crippen LogP contribution < -0.4 is 5.32 Å². The fourth-order valence-electron chi connectivity index (χ4n) is 1.51. The Morgan fingerprint density at radius 1 is 1.07 bits per heavy atom. The van der Waals surface area contributed by atoms with E-state index in [-0.39, 0.29) is 6.29 Å².